The Kier molecular flexibility index (Phi) is 6.20. The standard InChI is InChI=1S/C21H24N5O3P/c27-30(28,29)16-15-25-11-13-26(14-12-25)21-18-6-1-2-7-19(18)23-20(24-21)9-8-17-5-3-4-10-22-17/h1-10H,11-16H2,(H2,27,28,29)/b9-8+. The van der Waals surface area contributed by atoms with E-state index in [0.717, 1.165) is 48.6 Å². The summed E-state index contributed by atoms with van der Waals surface area (Å²) in [5.74, 6) is 1.51. The number of anilines is 1. The maximum atomic E-state index is 11.1. The molecule has 4 rings (SSSR count). The van der Waals surface area contributed by atoms with Crippen LogP contribution >= 0.6 is 7.60 Å². The molecule has 9 heteroatoms. The number of rotatable bonds is 6. The van der Waals surface area contributed by atoms with Crippen molar-refractivity contribution in [2.75, 3.05) is 43.8 Å². The van der Waals surface area contributed by atoms with Gasteiger partial charge in [0.05, 0.1) is 17.4 Å². The number of hydrogen-bond acceptors (Lipinski definition) is 6. The third-order valence-electron chi connectivity index (χ3n) is 5.07. The van der Waals surface area contributed by atoms with Crippen molar-refractivity contribution in [1.29, 1.82) is 0 Å². The molecule has 1 aliphatic heterocycles. The molecule has 0 spiro atoms. The van der Waals surface area contributed by atoms with Crippen LogP contribution in [0.3, 0.4) is 0 Å². The van der Waals surface area contributed by atoms with E-state index < -0.39 is 7.60 Å². The zero-order chi connectivity index (χ0) is 21.0. The third-order valence-corrected chi connectivity index (χ3v) is 5.85. The predicted octanol–water partition coefficient (Wildman–Crippen LogP) is 2.49. The molecule has 30 heavy (non-hydrogen) atoms. The number of para-hydroxylation sites is 1. The van der Waals surface area contributed by atoms with Crippen molar-refractivity contribution in [3.63, 3.8) is 0 Å². The van der Waals surface area contributed by atoms with Gasteiger partial charge in [-0.2, -0.15) is 0 Å². The van der Waals surface area contributed by atoms with Gasteiger partial charge in [-0.05, 0) is 36.4 Å². The summed E-state index contributed by atoms with van der Waals surface area (Å²) in [5, 5.41) is 0.996. The van der Waals surface area contributed by atoms with E-state index in [-0.39, 0.29) is 6.16 Å². The molecule has 1 saturated heterocycles. The Morgan fingerprint density at radius 1 is 0.967 bits per heavy atom. The Morgan fingerprint density at radius 3 is 2.47 bits per heavy atom. The molecule has 1 aromatic carbocycles. The highest BCUT2D eigenvalue weighted by Crippen LogP contribution is 2.34. The van der Waals surface area contributed by atoms with E-state index in [1.165, 1.54) is 0 Å². The molecular formula is C21H24N5O3P. The third kappa shape index (κ3) is 5.29. The van der Waals surface area contributed by atoms with Crippen molar-refractivity contribution in [3.8, 4) is 0 Å². The monoisotopic (exact) mass is 425 g/mol. The zero-order valence-corrected chi connectivity index (χ0v) is 17.4. The predicted molar refractivity (Wildman–Crippen MR) is 118 cm³/mol. The quantitative estimate of drug-likeness (QED) is 0.581. The summed E-state index contributed by atoms with van der Waals surface area (Å²) in [4.78, 5) is 36.3. The van der Waals surface area contributed by atoms with Gasteiger partial charge in [0.15, 0.2) is 5.82 Å². The van der Waals surface area contributed by atoms with Gasteiger partial charge in [0, 0.05) is 44.3 Å². The minimum absolute atomic E-state index is 0.105. The van der Waals surface area contributed by atoms with E-state index >= 15 is 0 Å². The molecule has 0 amide bonds. The van der Waals surface area contributed by atoms with Gasteiger partial charge in [-0.3, -0.25) is 14.4 Å². The van der Waals surface area contributed by atoms with Gasteiger partial charge in [-0.1, -0.05) is 18.2 Å². The molecule has 0 aliphatic carbocycles. The van der Waals surface area contributed by atoms with Crippen LogP contribution in [-0.4, -0.2) is 68.5 Å². The number of piperazine rings is 1. The van der Waals surface area contributed by atoms with Crippen LogP contribution in [0.25, 0.3) is 23.1 Å². The highest BCUT2D eigenvalue weighted by atomic mass is 31.2. The molecule has 8 nitrogen and oxygen atoms in total. The lowest BCUT2D eigenvalue weighted by Crippen LogP contribution is -2.47. The second-order valence-corrected chi connectivity index (χ2v) is 9.00. The fourth-order valence-electron chi connectivity index (χ4n) is 3.48. The molecule has 2 aromatic heterocycles. The molecule has 3 aromatic rings. The summed E-state index contributed by atoms with van der Waals surface area (Å²) in [6, 6.07) is 13.7. The fourth-order valence-corrected chi connectivity index (χ4v) is 4.03. The highest BCUT2D eigenvalue weighted by molar-refractivity contribution is 7.51. The van der Waals surface area contributed by atoms with Crippen molar-refractivity contribution in [2.45, 2.75) is 0 Å². The molecule has 1 aliphatic rings. The van der Waals surface area contributed by atoms with Crippen molar-refractivity contribution in [1.82, 2.24) is 19.9 Å². The Labute approximate surface area is 175 Å². The Balaban J connectivity index is 1.55. The maximum absolute atomic E-state index is 11.1. The van der Waals surface area contributed by atoms with E-state index in [0.29, 0.717) is 12.4 Å². The molecule has 0 atom stereocenters. The number of nitrogens with zero attached hydrogens (tertiary/aromatic N) is 5. The van der Waals surface area contributed by atoms with Crippen LogP contribution in [0.15, 0.2) is 48.7 Å². The molecule has 0 bridgehead atoms. The van der Waals surface area contributed by atoms with Crippen molar-refractivity contribution in [3.05, 3.63) is 60.2 Å². The summed E-state index contributed by atoms with van der Waals surface area (Å²) in [6.45, 7) is 3.35. The Bertz CT molecular complexity index is 1080. The van der Waals surface area contributed by atoms with E-state index in [2.05, 4.69) is 19.8 Å². The van der Waals surface area contributed by atoms with E-state index in [9.17, 15) is 4.57 Å². The minimum Gasteiger partial charge on any atom is -0.353 e. The number of hydrogen-bond donors (Lipinski definition) is 2. The van der Waals surface area contributed by atoms with Crippen LogP contribution in [0, 0.1) is 0 Å². The molecule has 156 valence electrons. The number of aromatic nitrogens is 3. The molecule has 2 N–H and O–H groups in total. The van der Waals surface area contributed by atoms with Crippen LogP contribution in [0.4, 0.5) is 5.82 Å². The lowest BCUT2D eigenvalue weighted by molar-refractivity contribution is 0.264. The molecule has 0 radical (unpaired) electrons. The maximum Gasteiger partial charge on any atom is 0.326 e. The molecular weight excluding hydrogens is 401 g/mol. The first-order valence-corrected chi connectivity index (χ1v) is 11.7. The first-order chi connectivity index (χ1) is 14.5. The first kappa shape index (κ1) is 20.6. The zero-order valence-electron chi connectivity index (χ0n) is 16.5. The minimum atomic E-state index is -3.97. The van der Waals surface area contributed by atoms with Crippen LogP contribution in [0.1, 0.15) is 11.5 Å². The average Bonchev–Trinajstić information content (AvgIpc) is 2.76. The smallest absolute Gasteiger partial charge is 0.326 e. The van der Waals surface area contributed by atoms with Gasteiger partial charge in [0.25, 0.3) is 0 Å². The van der Waals surface area contributed by atoms with Crippen LogP contribution in [-0.2, 0) is 4.57 Å². The van der Waals surface area contributed by atoms with E-state index in [1.807, 2.05) is 54.6 Å². The van der Waals surface area contributed by atoms with Gasteiger partial charge >= 0.3 is 7.60 Å². The highest BCUT2D eigenvalue weighted by Gasteiger charge is 2.22. The largest absolute Gasteiger partial charge is 0.353 e. The van der Waals surface area contributed by atoms with Crippen molar-refractivity contribution >= 4 is 36.5 Å². The first-order valence-electron chi connectivity index (χ1n) is 9.86. The van der Waals surface area contributed by atoms with Gasteiger partial charge in [-0.15, -0.1) is 0 Å². The van der Waals surface area contributed by atoms with Gasteiger partial charge in [-0.25, -0.2) is 9.97 Å². The van der Waals surface area contributed by atoms with Crippen LogP contribution in [0.5, 0.6) is 0 Å². The molecule has 0 unspecified atom stereocenters. The second-order valence-electron chi connectivity index (χ2n) is 7.23. The lowest BCUT2D eigenvalue weighted by atomic mass is 10.2. The van der Waals surface area contributed by atoms with Crippen LogP contribution < -0.4 is 4.90 Å². The van der Waals surface area contributed by atoms with Crippen molar-refractivity contribution in [2.24, 2.45) is 0 Å². The fraction of sp³-hybridized carbons (Fsp3) is 0.286. The number of fused-ring (bicyclic) bond motifs is 1. The summed E-state index contributed by atoms with van der Waals surface area (Å²) < 4.78 is 11.1. The van der Waals surface area contributed by atoms with Gasteiger partial charge in [0.2, 0.25) is 0 Å². The average molecular weight is 425 g/mol. The number of benzene rings is 1. The number of pyridine rings is 1. The molecule has 0 saturated carbocycles. The normalized spacial score (nSPS) is 15.9. The topological polar surface area (TPSA) is 103 Å². The SMILES string of the molecule is O=P(O)(O)CCN1CCN(c2nc(/C=C/c3ccccn3)nc3ccccc23)CC1. The van der Waals surface area contributed by atoms with Gasteiger partial charge in [0.1, 0.15) is 5.82 Å². The van der Waals surface area contributed by atoms with Crippen LogP contribution in [0.2, 0.25) is 0 Å². The summed E-state index contributed by atoms with van der Waals surface area (Å²) in [7, 11) is -3.97. The Hall–Kier alpha value is -2.64. The molecule has 3 heterocycles. The lowest BCUT2D eigenvalue weighted by Gasteiger charge is -2.35. The van der Waals surface area contributed by atoms with E-state index in [1.54, 1.807) is 6.20 Å². The van der Waals surface area contributed by atoms with Gasteiger partial charge < -0.3 is 14.7 Å². The molecule has 1 fully saturated rings. The van der Waals surface area contributed by atoms with E-state index in [4.69, 9.17) is 14.8 Å². The summed E-state index contributed by atoms with van der Waals surface area (Å²) in [5.41, 5.74) is 1.72. The second kappa shape index (κ2) is 9.02. The van der Waals surface area contributed by atoms with Crippen molar-refractivity contribution < 1.29 is 14.4 Å². The Morgan fingerprint density at radius 2 is 1.73 bits per heavy atom. The summed E-state index contributed by atoms with van der Waals surface area (Å²) in [6.07, 6.45) is 5.41. The summed E-state index contributed by atoms with van der Waals surface area (Å²) >= 11 is 0.